The molecular formula is C14H23NO2. The molecule has 3 heteroatoms. The fourth-order valence-corrected chi connectivity index (χ4v) is 3.26. The van der Waals surface area contributed by atoms with E-state index in [1.165, 1.54) is 0 Å². The van der Waals surface area contributed by atoms with Gasteiger partial charge in [-0.2, -0.15) is 0 Å². The van der Waals surface area contributed by atoms with E-state index in [-0.39, 0.29) is 28.9 Å². The molecule has 17 heavy (non-hydrogen) atoms. The topological polar surface area (TPSA) is 46.2 Å². The van der Waals surface area contributed by atoms with Gasteiger partial charge in [-0.3, -0.25) is 9.59 Å². The highest BCUT2D eigenvalue weighted by atomic mass is 16.2. The Kier molecular flexibility index (Phi) is 3.39. The van der Waals surface area contributed by atoms with Gasteiger partial charge in [0.1, 0.15) is 11.6 Å². The Labute approximate surface area is 103 Å². The monoisotopic (exact) mass is 237 g/mol. The van der Waals surface area contributed by atoms with Crippen LogP contribution in [0.25, 0.3) is 0 Å². The van der Waals surface area contributed by atoms with Crippen LogP contribution in [0.4, 0.5) is 0 Å². The molecular weight excluding hydrogens is 214 g/mol. The zero-order chi connectivity index (χ0) is 12.6. The molecule has 2 atom stereocenters. The van der Waals surface area contributed by atoms with E-state index in [1.807, 2.05) is 13.8 Å². The second kappa shape index (κ2) is 4.52. The van der Waals surface area contributed by atoms with Crippen molar-refractivity contribution in [2.24, 2.45) is 17.3 Å². The van der Waals surface area contributed by atoms with Crippen molar-refractivity contribution in [1.82, 2.24) is 5.32 Å². The van der Waals surface area contributed by atoms with E-state index >= 15 is 0 Å². The van der Waals surface area contributed by atoms with E-state index in [9.17, 15) is 9.59 Å². The summed E-state index contributed by atoms with van der Waals surface area (Å²) in [4.78, 5) is 24.3. The number of piperidine rings is 1. The number of rotatable bonds is 1. The predicted octanol–water partition coefficient (Wildman–Crippen LogP) is 1.95. The fraction of sp³-hybridized carbons (Fsp3) is 0.857. The lowest BCUT2D eigenvalue weighted by Crippen LogP contribution is -2.51. The molecule has 0 bridgehead atoms. The highest BCUT2D eigenvalue weighted by Crippen LogP contribution is 2.36. The molecule has 1 saturated heterocycles. The number of hydrogen-bond acceptors (Lipinski definition) is 3. The molecule has 0 aromatic heterocycles. The molecule has 3 nitrogen and oxygen atoms in total. The number of carbonyl (C=O) groups is 2. The third-order valence-electron chi connectivity index (χ3n) is 4.10. The first kappa shape index (κ1) is 12.7. The summed E-state index contributed by atoms with van der Waals surface area (Å²) >= 11 is 0. The standard InChI is InChI=1S/C14H23NO2/c1-9-4-5-15-10(6-9)13-11(16)7-14(2,3)8-12(13)17/h9-10,13,15H,4-8H2,1-3H3. The van der Waals surface area contributed by atoms with E-state index in [0.29, 0.717) is 18.8 Å². The van der Waals surface area contributed by atoms with Crippen LogP contribution in [0.1, 0.15) is 46.5 Å². The molecule has 1 N–H and O–H groups in total. The van der Waals surface area contributed by atoms with E-state index in [2.05, 4.69) is 12.2 Å². The summed E-state index contributed by atoms with van der Waals surface area (Å²) in [5.74, 6) is 0.554. The van der Waals surface area contributed by atoms with Crippen molar-refractivity contribution in [3.8, 4) is 0 Å². The average Bonchev–Trinajstić information content (AvgIpc) is 2.13. The van der Waals surface area contributed by atoms with Crippen LogP contribution >= 0.6 is 0 Å². The van der Waals surface area contributed by atoms with Gasteiger partial charge in [0.25, 0.3) is 0 Å². The summed E-state index contributed by atoms with van der Waals surface area (Å²) in [7, 11) is 0. The smallest absolute Gasteiger partial charge is 0.145 e. The van der Waals surface area contributed by atoms with Gasteiger partial charge in [0, 0.05) is 18.9 Å². The minimum atomic E-state index is -0.370. The zero-order valence-electron chi connectivity index (χ0n) is 11.1. The number of carbonyl (C=O) groups excluding carboxylic acids is 2. The van der Waals surface area contributed by atoms with Gasteiger partial charge in [0.05, 0.1) is 5.92 Å². The van der Waals surface area contributed by atoms with Crippen LogP contribution in [-0.4, -0.2) is 24.2 Å². The SMILES string of the molecule is CC1CCNC(C2C(=O)CC(C)(C)CC2=O)C1. The zero-order valence-corrected chi connectivity index (χ0v) is 11.1. The van der Waals surface area contributed by atoms with Crippen LogP contribution in [0, 0.1) is 17.3 Å². The van der Waals surface area contributed by atoms with Crippen molar-refractivity contribution in [3.05, 3.63) is 0 Å². The molecule has 0 radical (unpaired) electrons. The Bertz CT molecular complexity index is 315. The molecule has 1 heterocycles. The molecule has 1 saturated carbocycles. The summed E-state index contributed by atoms with van der Waals surface area (Å²) in [6, 6.07) is 0.0925. The second-order valence-corrected chi connectivity index (χ2v) is 6.62. The quantitative estimate of drug-likeness (QED) is 0.709. The van der Waals surface area contributed by atoms with Crippen molar-refractivity contribution >= 4 is 11.6 Å². The van der Waals surface area contributed by atoms with Crippen LogP contribution in [0.15, 0.2) is 0 Å². The van der Waals surface area contributed by atoms with Gasteiger partial charge in [-0.1, -0.05) is 20.8 Å². The average molecular weight is 237 g/mol. The highest BCUT2D eigenvalue weighted by molar-refractivity contribution is 6.05. The first-order chi connectivity index (χ1) is 7.89. The maximum atomic E-state index is 12.2. The summed E-state index contributed by atoms with van der Waals surface area (Å²) in [6.07, 6.45) is 3.21. The third-order valence-corrected chi connectivity index (χ3v) is 4.10. The normalized spacial score (nSPS) is 35.0. The molecule has 0 aromatic rings. The molecule has 0 amide bonds. The van der Waals surface area contributed by atoms with Crippen LogP contribution < -0.4 is 5.32 Å². The Hall–Kier alpha value is -0.700. The first-order valence-corrected chi connectivity index (χ1v) is 6.68. The molecule has 2 rings (SSSR count). The maximum Gasteiger partial charge on any atom is 0.145 e. The molecule has 2 aliphatic rings. The molecule has 0 aromatic carbocycles. The van der Waals surface area contributed by atoms with Gasteiger partial charge >= 0.3 is 0 Å². The van der Waals surface area contributed by atoms with Crippen molar-refractivity contribution in [3.63, 3.8) is 0 Å². The maximum absolute atomic E-state index is 12.2. The van der Waals surface area contributed by atoms with Crippen LogP contribution in [-0.2, 0) is 9.59 Å². The second-order valence-electron chi connectivity index (χ2n) is 6.62. The molecule has 1 aliphatic carbocycles. The molecule has 2 fully saturated rings. The fourth-order valence-electron chi connectivity index (χ4n) is 3.26. The lowest BCUT2D eigenvalue weighted by atomic mass is 9.68. The van der Waals surface area contributed by atoms with Gasteiger partial charge in [-0.15, -0.1) is 0 Å². The number of hydrogen-bond donors (Lipinski definition) is 1. The third kappa shape index (κ3) is 2.76. The Balaban J connectivity index is 2.10. The van der Waals surface area contributed by atoms with Gasteiger partial charge in [-0.05, 0) is 30.7 Å². The summed E-state index contributed by atoms with van der Waals surface area (Å²) in [5, 5.41) is 3.37. The van der Waals surface area contributed by atoms with E-state index < -0.39 is 0 Å². The van der Waals surface area contributed by atoms with E-state index in [0.717, 1.165) is 19.4 Å². The minimum Gasteiger partial charge on any atom is -0.313 e. The number of Topliss-reactive ketones (excluding diaryl/α,β-unsaturated/α-hetero) is 2. The Morgan fingerprint density at radius 1 is 1.18 bits per heavy atom. The van der Waals surface area contributed by atoms with Gasteiger partial charge < -0.3 is 5.32 Å². The van der Waals surface area contributed by atoms with Crippen molar-refractivity contribution in [2.45, 2.75) is 52.5 Å². The lowest BCUT2D eigenvalue weighted by molar-refractivity contribution is -0.141. The van der Waals surface area contributed by atoms with Gasteiger partial charge in [-0.25, -0.2) is 0 Å². The van der Waals surface area contributed by atoms with Crippen molar-refractivity contribution < 1.29 is 9.59 Å². The Morgan fingerprint density at radius 2 is 1.76 bits per heavy atom. The molecule has 1 aliphatic heterocycles. The molecule has 96 valence electrons. The number of nitrogens with one attached hydrogen (secondary N) is 1. The first-order valence-electron chi connectivity index (χ1n) is 6.68. The highest BCUT2D eigenvalue weighted by Gasteiger charge is 2.44. The van der Waals surface area contributed by atoms with E-state index in [4.69, 9.17) is 0 Å². The van der Waals surface area contributed by atoms with Crippen LogP contribution in [0.3, 0.4) is 0 Å². The Morgan fingerprint density at radius 3 is 2.29 bits per heavy atom. The summed E-state index contributed by atoms with van der Waals surface area (Å²) in [5.41, 5.74) is -0.134. The largest absolute Gasteiger partial charge is 0.313 e. The summed E-state index contributed by atoms with van der Waals surface area (Å²) < 4.78 is 0. The minimum absolute atomic E-state index is 0.0925. The summed E-state index contributed by atoms with van der Waals surface area (Å²) in [6.45, 7) is 7.16. The number of ketones is 2. The van der Waals surface area contributed by atoms with E-state index in [1.54, 1.807) is 0 Å². The lowest BCUT2D eigenvalue weighted by Gasteiger charge is -2.38. The molecule has 0 spiro atoms. The van der Waals surface area contributed by atoms with Gasteiger partial charge in [0.15, 0.2) is 0 Å². The van der Waals surface area contributed by atoms with Gasteiger partial charge in [0.2, 0.25) is 0 Å². The molecule has 2 unspecified atom stereocenters. The van der Waals surface area contributed by atoms with Crippen molar-refractivity contribution in [1.29, 1.82) is 0 Å². The van der Waals surface area contributed by atoms with Crippen LogP contribution in [0.2, 0.25) is 0 Å². The van der Waals surface area contributed by atoms with Crippen molar-refractivity contribution in [2.75, 3.05) is 6.54 Å². The predicted molar refractivity (Wildman–Crippen MR) is 66.7 cm³/mol. The van der Waals surface area contributed by atoms with Crippen LogP contribution in [0.5, 0.6) is 0 Å².